The molecule has 28 heavy (non-hydrogen) atoms. The van der Waals surface area contributed by atoms with Crippen LogP contribution in [0.1, 0.15) is 40.5 Å². The van der Waals surface area contributed by atoms with Crippen molar-refractivity contribution in [2.24, 2.45) is 0 Å². The van der Waals surface area contributed by atoms with Gasteiger partial charge in [-0.3, -0.25) is 14.0 Å². The van der Waals surface area contributed by atoms with Crippen LogP contribution >= 0.6 is 11.3 Å². The van der Waals surface area contributed by atoms with E-state index in [1.807, 2.05) is 38.3 Å². The first-order valence-corrected chi connectivity index (χ1v) is 10.1. The maximum atomic E-state index is 12.5. The summed E-state index contributed by atoms with van der Waals surface area (Å²) in [6.07, 6.45) is 5.27. The maximum absolute atomic E-state index is 12.5. The molecule has 146 valence electrons. The number of benzene rings is 1. The number of rotatable bonds is 6. The summed E-state index contributed by atoms with van der Waals surface area (Å²) in [5.74, 6) is -0.296. The van der Waals surface area contributed by atoms with Gasteiger partial charge in [-0.25, -0.2) is 4.98 Å². The lowest BCUT2D eigenvalue weighted by molar-refractivity contribution is -0.111. The molecule has 6 nitrogen and oxygen atoms in total. The van der Waals surface area contributed by atoms with Gasteiger partial charge in [0.15, 0.2) is 4.96 Å². The van der Waals surface area contributed by atoms with Crippen LogP contribution in [-0.4, -0.2) is 39.2 Å². The predicted molar refractivity (Wildman–Crippen MR) is 114 cm³/mol. The molecule has 1 aromatic carbocycles. The van der Waals surface area contributed by atoms with Crippen molar-refractivity contribution in [3.05, 3.63) is 58.4 Å². The van der Waals surface area contributed by atoms with E-state index >= 15 is 0 Å². The van der Waals surface area contributed by atoms with Gasteiger partial charge in [-0.15, -0.1) is 11.3 Å². The van der Waals surface area contributed by atoms with Crippen molar-refractivity contribution in [3.63, 3.8) is 0 Å². The van der Waals surface area contributed by atoms with Gasteiger partial charge < -0.3 is 10.2 Å². The van der Waals surface area contributed by atoms with Crippen molar-refractivity contribution >= 4 is 39.9 Å². The van der Waals surface area contributed by atoms with Crippen molar-refractivity contribution < 1.29 is 9.59 Å². The number of imidazole rings is 1. The summed E-state index contributed by atoms with van der Waals surface area (Å²) in [7, 11) is 0. The lowest BCUT2D eigenvalue weighted by Crippen LogP contribution is -2.30. The largest absolute Gasteiger partial charge is 0.339 e. The molecule has 0 aliphatic carbocycles. The zero-order valence-electron chi connectivity index (χ0n) is 16.5. The van der Waals surface area contributed by atoms with Crippen LogP contribution in [0.25, 0.3) is 11.0 Å². The number of fused-ring (bicyclic) bond motifs is 1. The highest BCUT2D eigenvalue weighted by Crippen LogP contribution is 2.21. The van der Waals surface area contributed by atoms with Crippen LogP contribution in [0, 0.1) is 13.8 Å². The van der Waals surface area contributed by atoms with Crippen molar-refractivity contribution in [1.29, 1.82) is 0 Å². The quantitative estimate of drug-likeness (QED) is 0.637. The van der Waals surface area contributed by atoms with Gasteiger partial charge in [-0.1, -0.05) is 6.07 Å². The van der Waals surface area contributed by atoms with Gasteiger partial charge in [0.2, 0.25) is 5.91 Å². The second-order valence-electron chi connectivity index (χ2n) is 6.46. The summed E-state index contributed by atoms with van der Waals surface area (Å²) in [6.45, 7) is 9.15. The number of hydrogen-bond donors (Lipinski definition) is 1. The fourth-order valence-corrected chi connectivity index (χ4v) is 3.92. The standard InChI is InChI=1S/C21H24N4O2S/c1-5-24(6-2)20(27)16-8-7-9-17(12-16)23-19(26)11-10-18-15(4)22-21-25(18)13-14(3)28-21/h7-13H,5-6H2,1-4H3,(H,23,26). The molecule has 1 N–H and O–H groups in total. The molecule has 2 aromatic heterocycles. The van der Waals surface area contributed by atoms with Gasteiger partial charge in [0.25, 0.3) is 5.91 Å². The smallest absolute Gasteiger partial charge is 0.253 e. The average Bonchev–Trinajstić information content (AvgIpc) is 3.15. The van der Waals surface area contributed by atoms with Crippen LogP contribution < -0.4 is 5.32 Å². The normalized spacial score (nSPS) is 11.3. The second-order valence-corrected chi connectivity index (χ2v) is 7.67. The van der Waals surface area contributed by atoms with Gasteiger partial charge in [0.1, 0.15) is 0 Å². The number of hydrogen-bond acceptors (Lipinski definition) is 4. The number of nitrogens with zero attached hydrogens (tertiary/aromatic N) is 3. The highest BCUT2D eigenvalue weighted by molar-refractivity contribution is 7.17. The first kappa shape index (κ1) is 19.8. The molecule has 0 saturated carbocycles. The number of amides is 2. The van der Waals surface area contributed by atoms with E-state index in [0.29, 0.717) is 24.3 Å². The minimum atomic E-state index is -0.256. The van der Waals surface area contributed by atoms with E-state index in [0.717, 1.165) is 21.2 Å². The predicted octanol–water partition coefficient (Wildman–Crippen LogP) is 4.15. The molecule has 0 spiro atoms. The van der Waals surface area contributed by atoms with Gasteiger partial charge in [0, 0.05) is 41.5 Å². The number of aromatic nitrogens is 2. The van der Waals surface area contributed by atoms with E-state index in [1.165, 1.54) is 6.08 Å². The second kappa shape index (κ2) is 8.39. The Bertz CT molecular complexity index is 1040. The Morgan fingerprint density at radius 3 is 2.71 bits per heavy atom. The lowest BCUT2D eigenvalue weighted by atomic mass is 10.1. The van der Waals surface area contributed by atoms with Crippen LogP contribution in [0.5, 0.6) is 0 Å². The summed E-state index contributed by atoms with van der Waals surface area (Å²) in [6, 6.07) is 7.01. The number of anilines is 1. The first-order chi connectivity index (χ1) is 13.4. The average molecular weight is 397 g/mol. The molecule has 0 aliphatic heterocycles. The molecule has 0 bridgehead atoms. The third-order valence-electron chi connectivity index (χ3n) is 4.48. The van der Waals surface area contributed by atoms with Crippen molar-refractivity contribution in [2.45, 2.75) is 27.7 Å². The van der Waals surface area contributed by atoms with Crippen LogP contribution in [0.4, 0.5) is 5.69 Å². The summed E-state index contributed by atoms with van der Waals surface area (Å²) in [5.41, 5.74) is 2.92. The Labute approximate surface area is 168 Å². The van der Waals surface area contributed by atoms with Crippen molar-refractivity contribution in [3.8, 4) is 0 Å². The first-order valence-electron chi connectivity index (χ1n) is 9.26. The van der Waals surface area contributed by atoms with Crippen molar-refractivity contribution in [2.75, 3.05) is 18.4 Å². The van der Waals surface area contributed by atoms with E-state index in [9.17, 15) is 9.59 Å². The molecule has 0 radical (unpaired) electrons. The number of aryl methyl sites for hydroxylation is 2. The maximum Gasteiger partial charge on any atom is 0.253 e. The Kier molecular flexibility index (Phi) is 5.94. The summed E-state index contributed by atoms with van der Waals surface area (Å²) in [4.78, 5) is 33.2. The number of carbonyl (C=O) groups is 2. The number of nitrogens with one attached hydrogen (secondary N) is 1. The van der Waals surface area contributed by atoms with Crippen LogP contribution in [0.3, 0.4) is 0 Å². The topological polar surface area (TPSA) is 66.7 Å². The van der Waals surface area contributed by atoms with Gasteiger partial charge in [0.05, 0.1) is 11.4 Å². The van der Waals surface area contributed by atoms with Gasteiger partial charge in [-0.2, -0.15) is 0 Å². The SMILES string of the molecule is CCN(CC)C(=O)c1cccc(NC(=O)C=Cc2c(C)nc3sc(C)cn23)c1. The molecule has 0 aliphatic rings. The molecule has 7 heteroatoms. The third kappa shape index (κ3) is 4.14. The molecule has 0 saturated heterocycles. The van der Waals surface area contributed by atoms with Crippen LogP contribution in [-0.2, 0) is 4.79 Å². The van der Waals surface area contributed by atoms with E-state index in [-0.39, 0.29) is 11.8 Å². The molecule has 2 amide bonds. The summed E-state index contributed by atoms with van der Waals surface area (Å²) < 4.78 is 1.99. The Morgan fingerprint density at radius 2 is 2.00 bits per heavy atom. The third-order valence-corrected chi connectivity index (χ3v) is 5.38. The van der Waals surface area contributed by atoms with E-state index in [4.69, 9.17) is 0 Å². The molecule has 3 aromatic rings. The fourth-order valence-electron chi connectivity index (χ4n) is 3.04. The zero-order valence-corrected chi connectivity index (χ0v) is 17.3. The van der Waals surface area contributed by atoms with E-state index in [1.54, 1.807) is 46.6 Å². The Morgan fingerprint density at radius 1 is 1.25 bits per heavy atom. The van der Waals surface area contributed by atoms with E-state index < -0.39 is 0 Å². The zero-order chi connectivity index (χ0) is 20.3. The van der Waals surface area contributed by atoms with Gasteiger partial charge in [-0.05, 0) is 52.0 Å². The molecule has 3 rings (SSSR count). The molecular formula is C21H24N4O2S. The molecule has 0 unspecified atom stereocenters. The molecular weight excluding hydrogens is 372 g/mol. The summed E-state index contributed by atoms with van der Waals surface area (Å²) in [5, 5.41) is 2.82. The fraction of sp³-hybridized carbons (Fsp3) is 0.286. The lowest BCUT2D eigenvalue weighted by Gasteiger charge is -2.18. The Balaban J connectivity index is 1.74. The van der Waals surface area contributed by atoms with Crippen LogP contribution in [0.2, 0.25) is 0 Å². The van der Waals surface area contributed by atoms with Crippen LogP contribution in [0.15, 0.2) is 36.5 Å². The van der Waals surface area contributed by atoms with E-state index in [2.05, 4.69) is 10.3 Å². The number of carbonyl (C=O) groups excluding carboxylic acids is 2. The molecule has 2 heterocycles. The minimum absolute atomic E-state index is 0.0401. The highest BCUT2D eigenvalue weighted by Gasteiger charge is 2.13. The Hall–Kier alpha value is -2.93. The highest BCUT2D eigenvalue weighted by atomic mass is 32.1. The minimum Gasteiger partial charge on any atom is -0.339 e. The number of thiazole rings is 1. The monoisotopic (exact) mass is 396 g/mol. The molecule has 0 atom stereocenters. The molecule has 0 fully saturated rings. The van der Waals surface area contributed by atoms with Crippen molar-refractivity contribution in [1.82, 2.24) is 14.3 Å². The summed E-state index contributed by atoms with van der Waals surface area (Å²) >= 11 is 1.62. The van der Waals surface area contributed by atoms with Gasteiger partial charge >= 0.3 is 0 Å².